The quantitative estimate of drug-likeness (QED) is 0.603. The highest BCUT2D eigenvalue weighted by atomic mass is 16.5. The van der Waals surface area contributed by atoms with Crippen LogP contribution in [0.15, 0.2) is 78.9 Å². The molecular formula is C25H25NO4. The van der Waals surface area contributed by atoms with Crippen molar-refractivity contribution in [2.45, 2.75) is 25.5 Å². The van der Waals surface area contributed by atoms with Crippen molar-refractivity contribution in [1.29, 1.82) is 0 Å². The molecule has 0 bridgehead atoms. The molecule has 1 fully saturated rings. The number of nitrogens with zero attached hydrogens (tertiary/aromatic N) is 1. The maximum Gasteiger partial charge on any atom is 0.254 e. The van der Waals surface area contributed by atoms with Crippen LogP contribution in [0.25, 0.3) is 0 Å². The highest BCUT2D eigenvalue weighted by Gasteiger charge is 2.24. The summed E-state index contributed by atoms with van der Waals surface area (Å²) in [6, 6.07) is 23.8. The van der Waals surface area contributed by atoms with Crippen molar-refractivity contribution in [2.75, 3.05) is 13.2 Å². The number of ether oxygens (including phenoxy) is 2. The minimum Gasteiger partial charge on any atom is -0.508 e. The predicted molar refractivity (Wildman–Crippen MR) is 115 cm³/mol. The number of phenols is 1. The molecule has 0 aromatic heterocycles. The summed E-state index contributed by atoms with van der Waals surface area (Å²) in [5.74, 6) is 1.51. The van der Waals surface area contributed by atoms with E-state index in [-0.39, 0.29) is 17.8 Å². The molecule has 1 aliphatic rings. The van der Waals surface area contributed by atoms with Crippen LogP contribution in [0.5, 0.6) is 17.2 Å². The van der Waals surface area contributed by atoms with Crippen molar-refractivity contribution in [3.8, 4) is 17.2 Å². The molecule has 1 atom stereocenters. The number of carbonyl (C=O) groups excluding carboxylic acids is 1. The van der Waals surface area contributed by atoms with Crippen LogP contribution in [-0.4, -0.2) is 35.2 Å². The lowest BCUT2D eigenvalue weighted by Crippen LogP contribution is -2.37. The smallest absolute Gasteiger partial charge is 0.254 e. The fourth-order valence-electron chi connectivity index (χ4n) is 3.58. The van der Waals surface area contributed by atoms with Gasteiger partial charge >= 0.3 is 0 Å². The zero-order valence-electron chi connectivity index (χ0n) is 16.7. The first kappa shape index (κ1) is 20.0. The molecule has 1 N–H and O–H groups in total. The van der Waals surface area contributed by atoms with Crippen LogP contribution in [0.3, 0.4) is 0 Å². The Hall–Kier alpha value is -3.31. The topological polar surface area (TPSA) is 59.0 Å². The Bertz CT molecular complexity index is 966. The molecule has 1 amide bonds. The van der Waals surface area contributed by atoms with Gasteiger partial charge in [0.05, 0.1) is 6.10 Å². The lowest BCUT2D eigenvalue weighted by atomic mass is 10.1. The third-order valence-corrected chi connectivity index (χ3v) is 5.17. The Kier molecular flexibility index (Phi) is 6.30. The molecule has 3 aromatic carbocycles. The first-order valence-electron chi connectivity index (χ1n) is 10.2. The van der Waals surface area contributed by atoms with Crippen molar-refractivity contribution in [2.24, 2.45) is 0 Å². The van der Waals surface area contributed by atoms with Crippen LogP contribution in [0.2, 0.25) is 0 Å². The minimum absolute atomic E-state index is 0.0282. The summed E-state index contributed by atoms with van der Waals surface area (Å²) < 4.78 is 11.6. The summed E-state index contributed by atoms with van der Waals surface area (Å²) in [7, 11) is 0. The Balaban J connectivity index is 1.50. The van der Waals surface area contributed by atoms with E-state index in [2.05, 4.69) is 0 Å². The van der Waals surface area contributed by atoms with Crippen LogP contribution in [0.1, 0.15) is 28.8 Å². The molecule has 30 heavy (non-hydrogen) atoms. The van der Waals surface area contributed by atoms with E-state index in [1.165, 1.54) is 0 Å². The van der Waals surface area contributed by atoms with Crippen molar-refractivity contribution in [3.05, 3.63) is 90.0 Å². The molecule has 0 aliphatic carbocycles. The van der Waals surface area contributed by atoms with Crippen LogP contribution in [0, 0.1) is 0 Å². The van der Waals surface area contributed by atoms with Crippen molar-refractivity contribution in [1.82, 2.24) is 4.90 Å². The molecule has 1 aliphatic heterocycles. The van der Waals surface area contributed by atoms with E-state index in [9.17, 15) is 9.90 Å². The van der Waals surface area contributed by atoms with Gasteiger partial charge in [0.15, 0.2) is 0 Å². The molecule has 5 heteroatoms. The monoisotopic (exact) mass is 403 g/mol. The van der Waals surface area contributed by atoms with Gasteiger partial charge < -0.3 is 19.5 Å². The Morgan fingerprint density at radius 2 is 1.67 bits per heavy atom. The first-order valence-corrected chi connectivity index (χ1v) is 10.2. The standard InChI is InChI=1S/C25H25NO4/c27-24-11-5-4-7-20(24)17-26(18-23-10-6-16-29-23)25(28)19-12-14-22(15-13-19)30-21-8-2-1-3-9-21/h1-5,7-9,11-15,23,27H,6,10,16-18H2. The van der Waals surface area contributed by atoms with Crippen molar-refractivity contribution < 1.29 is 19.4 Å². The third-order valence-electron chi connectivity index (χ3n) is 5.17. The number of hydrogen-bond acceptors (Lipinski definition) is 4. The highest BCUT2D eigenvalue weighted by Crippen LogP contribution is 2.24. The van der Waals surface area contributed by atoms with E-state index in [0.717, 1.165) is 25.2 Å². The largest absolute Gasteiger partial charge is 0.508 e. The fourth-order valence-corrected chi connectivity index (χ4v) is 3.58. The van der Waals surface area contributed by atoms with Crippen LogP contribution in [-0.2, 0) is 11.3 Å². The molecule has 0 spiro atoms. The number of aromatic hydroxyl groups is 1. The van der Waals surface area contributed by atoms with Gasteiger partial charge in [0.25, 0.3) is 5.91 Å². The molecule has 1 unspecified atom stereocenters. The zero-order chi connectivity index (χ0) is 20.8. The zero-order valence-corrected chi connectivity index (χ0v) is 16.7. The lowest BCUT2D eigenvalue weighted by Gasteiger charge is -2.26. The molecule has 1 saturated heterocycles. The normalized spacial score (nSPS) is 15.7. The number of amides is 1. The molecule has 0 radical (unpaired) electrons. The fraction of sp³-hybridized carbons (Fsp3) is 0.240. The second kappa shape index (κ2) is 9.46. The summed E-state index contributed by atoms with van der Waals surface area (Å²) >= 11 is 0. The van der Waals surface area contributed by atoms with Gasteiger partial charge in [-0.2, -0.15) is 0 Å². The Morgan fingerprint density at radius 1 is 0.967 bits per heavy atom. The van der Waals surface area contributed by atoms with Crippen molar-refractivity contribution >= 4 is 5.91 Å². The van der Waals surface area contributed by atoms with Gasteiger partial charge in [0, 0.05) is 30.8 Å². The van der Waals surface area contributed by atoms with E-state index >= 15 is 0 Å². The second-order valence-corrected chi connectivity index (χ2v) is 7.39. The molecular weight excluding hydrogens is 378 g/mol. The SMILES string of the molecule is O=C(c1ccc(Oc2ccccc2)cc1)N(Cc1ccccc1O)CC1CCCO1. The van der Waals surface area contributed by atoms with Gasteiger partial charge in [0.2, 0.25) is 0 Å². The number of benzene rings is 3. The van der Waals surface area contributed by atoms with E-state index in [1.54, 1.807) is 41.3 Å². The van der Waals surface area contributed by atoms with Crippen molar-refractivity contribution in [3.63, 3.8) is 0 Å². The molecule has 0 saturated carbocycles. The summed E-state index contributed by atoms with van der Waals surface area (Å²) in [5, 5.41) is 10.2. The van der Waals surface area contributed by atoms with Gasteiger partial charge in [-0.3, -0.25) is 4.79 Å². The average Bonchev–Trinajstić information content (AvgIpc) is 3.29. The van der Waals surface area contributed by atoms with E-state index in [4.69, 9.17) is 9.47 Å². The third kappa shape index (κ3) is 4.99. The van der Waals surface area contributed by atoms with Gasteiger partial charge in [-0.05, 0) is 55.3 Å². The van der Waals surface area contributed by atoms with Crippen LogP contribution in [0.4, 0.5) is 0 Å². The molecule has 154 valence electrons. The highest BCUT2D eigenvalue weighted by molar-refractivity contribution is 5.94. The Labute approximate surface area is 176 Å². The minimum atomic E-state index is -0.0972. The lowest BCUT2D eigenvalue weighted by molar-refractivity contribution is 0.0506. The summed E-state index contributed by atoms with van der Waals surface area (Å²) in [4.78, 5) is 15.0. The number of hydrogen-bond donors (Lipinski definition) is 1. The maximum absolute atomic E-state index is 13.3. The second-order valence-electron chi connectivity index (χ2n) is 7.39. The van der Waals surface area contributed by atoms with Gasteiger partial charge in [-0.25, -0.2) is 0 Å². The predicted octanol–water partition coefficient (Wildman–Crippen LogP) is 5.01. The summed E-state index contributed by atoms with van der Waals surface area (Å²) in [6.45, 7) is 1.55. The molecule has 4 rings (SSSR count). The first-order chi connectivity index (χ1) is 14.7. The van der Waals surface area contributed by atoms with Gasteiger partial charge in [-0.15, -0.1) is 0 Å². The summed E-state index contributed by atoms with van der Waals surface area (Å²) in [5.41, 5.74) is 1.29. The van der Waals surface area contributed by atoms with Gasteiger partial charge in [-0.1, -0.05) is 36.4 Å². The summed E-state index contributed by atoms with van der Waals surface area (Å²) in [6.07, 6.45) is 1.98. The maximum atomic E-state index is 13.3. The number of rotatable bonds is 7. The van der Waals surface area contributed by atoms with E-state index in [1.807, 2.05) is 42.5 Å². The molecule has 1 heterocycles. The Morgan fingerprint density at radius 3 is 2.37 bits per heavy atom. The average molecular weight is 403 g/mol. The number of para-hydroxylation sites is 2. The van der Waals surface area contributed by atoms with E-state index in [0.29, 0.717) is 30.0 Å². The van der Waals surface area contributed by atoms with Gasteiger partial charge in [0.1, 0.15) is 17.2 Å². The molecule has 3 aromatic rings. The van der Waals surface area contributed by atoms with Crippen LogP contribution >= 0.6 is 0 Å². The van der Waals surface area contributed by atoms with E-state index < -0.39 is 0 Å². The van der Waals surface area contributed by atoms with Crippen LogP contribution < -0.4 is 4.74 Å². The molecule has 5 nitrogen and oxygen atoms in total. The number of carbonyl (C=O) groups is 1. The number of phenolic OH excluding ortho intramolecular Hbond substituents is 1.